The second-order valence-corrected chi connectivity index (χ2v) is 14.5. The molecule has 2 aromatic carbocycles. The number of rotatable bonds is 13. The van der Waals surface area contributed by atoms with Crippen molar-refractivity contribution in [2.45, 2.75) is 50.7 Å². The molecule has 1 heterocycles. The highest BCUT2D eigenvalue weighted by Crippen LogP contribution is 2.21. The maximum atomic E-state index is 14.2. The maximum Gasteiger partial charge on any atom is 0.246 e. The third-order valence-electron chi connectivity index (χ3n) is 7.19. The Balaban J connectivity index is 1.95. The summed E-state index contributed by atoms with van der Waals surface area (Å²) >= 11 is 1.56. The van der Waals surface area contributed by atoms with E-state index >= 15 is 0 Å². The van der Waals surface area contributed by atoms with Crippen LogP contribution in [0.1, 0.15) is 30.7 Å². The van der Waals surface area contributed by atoms with Crippen LogP contribution in [-0.4, -0.2) is 85.9 Å². The molecule has 0 spiro atoms. The van der Waals surface area contributed by atoms with Gasteiger partial charge in [-0.2, -0.15) is 0 Å². The highest BCUT2D eigenvalue weighted by atomic mass is 32.2. The highest BCUT2D eigenvalue weighted by molar-refractivity contribution is 7.88. The molecule has 0 aliphatic rings. The van der Waals surface area contributed by atoms with E-state index in [1.165, 1.54) is 22.3 Å². The van der Waals surface area contributed by atoms with Crippen LogP contribution in [0.2, 0.25) is 0 Å². The fourth-order valence-electron chi connectivity index (χ4n) is 4.55. The minimum atomic E-state index is -3.46. The van der Waals surface area contributed by atoms with E-state index in [0.717, 1.165) is 27.5 Å². The Bertz CT molecular complexity index is 1460. The summed E-state index contributed by atoms with van der Waals surface area (Å²) in [7, 11) is 1.38. The molecule has 2 N–H and O–H groups in total. The molecular weight excluding hydrogens is 556 g/mol. The Kier molecular flexibility index (Phi) is 10.9. The lowest BCUT2D eigenvalue weighted by atomic mass is 9.99. The molecule has 0 aliphatic carbocycles. The number of carbonyl (C=O) groups excluding carboxylic acids is 2. The average Bonchev–Trinajstić information content (AvgIpc) is 3.42. The van der Waals surface area contributed by atoms with Crippen molar-refractivity contribution in [3.8, 4) is 0 Å². The van der Waals surface area contributed by atoms with Crippen molar-refractivity contribution in [3.63, 3.8) is 0 Å². The summed E-state index contributed by atoms with van der Waals surface area (Å²) in [6, 6.07) is 16.7. The van der Waals surface area contributed by atoms with Gasteiger partial charge >= 0.3 is 0 Å². The Hall–Kier alpha value is -3.05. The van der Waals surface area contributed by atoms with Gasteiger partial charge in [-0.05, 0) is 54.1 Å². The summed E-state index contributed by atoms with van der Waals surface area (Å²) in [4.78, 5) is 31.6. The van der Waals surface area contributed by atoms with Crippen LogP contribution in [-0.2, 0) is 32.5 Å². The Morgan fingerprint density at radius 3 is 2.27 bits per heavy atom. The molecule has 2 amide bonds. The van der Waals surface area contributed by atoms with Crippen LogP contribution in [0.3, 0.4) is 0 Å². The van der Waals surface area contributed by atoms with Crippen molar-refractivity contribution in [1.82, 2.24) is 14.1 Å². The van der Waals surface area contributed by atoms with Crippen LogP contribution in [0.15, 0.2) is 72.1 Å². The first kappa shape index (κ1) is 32.5. The zero-order chi connectivity index (χ0) is 30.4. The fourth-order valence-corrected chi connectivity index (χ4v) is 5.77. The predicted molar refractivity (Wildman–Crippen MR) is 168 cm³/mol. The highest BCUT2D eigenvalue weighted by Gasteiger charge is 2.33. The van der Waals surface area contributed by atoms with Crippen molar-refractivity contribution in [2.75, 3.05) is 33.9 Å². The van der Waals surface area contributed by atoms with E-state index in [4.69, 9.17) is 5.73 Å². The minimum absolute atomic E-state index is 0.130. The number of nitrogens with zero attached hydrogens (tertiary/aromatic N) is 3. The minimum Gasteiger partial charge on any atom is -0.339 e. The lowest BCUT2D eigenvalue weighted by Gasteiger charge is -2.36. The van der Waals surface area contributed by atoms with Crippen LogP contribution in [0.5, 0.6) is 0 Å². The topological polar surface area (TPSA) is 104 Å². The zero-order valence-electron chi connectivity index (χ0n) is 24.8. The van der Waals surface area contributed by atoms with Crippen molar-refractivity contribution in [3.05, 3.63) is 82.6 Å². The summed E-state index contributed by atoms with van der Waals surface area (Å²) in [5.74, 6) is -0.560. The van der Waals surface area contributed by atoms with E-state index in [1.807, 2.05) is 73.8 Å². The largest absolute Gasteiger partial charge is 0.339 e. The molecule has 41 heavy (non-hydrogen) atoms. The number of thiophene rings is 1. The number of carbonyl (C=O) groups is 2. The van der Waals surface area contributed by atoms with Crippen molar-refractivity contribution < 1.29 is 18.0 Å². The first-order valence-electron chi connectivity index (χ1n) is 13.6. The van der Waals surface area contributed by atoms with E-state index in [1.54, 1.807) is 36.4 Å². The fraction of sp³-hybridized carbons (Fsp3) is 0.419. The second-order valence-electron chi connectivity index (χ2n) is 11.4. The molecule has 0 fully saturated rings. The van der Waals surface area contributed by atoms with Crippen LogP contribution in [0, 0.1) is 0 Å². The number of nitrogens with two attached hydrogens (primary N) is 1. The van der Waals surface area contributed by atoms with E-state index in [2.05, 4.69) is 0 Å². The third-order valence-corrected chi connectivity index (χ3v) is 9.37. The van der Waals surface area contributed by atoms with Gasteiger partial charge in [0.1, 0.15) is 6.04 Å². The molecule has 8 nitrogen and oxygen atoms in total. The Morgan fingerprint density at radius 2 is 1.66 bits per heavy atom. The van der Waals surface area contributed by atoms with Crippen molar-refractivity contribution >= 4 is 43.9 Å². The summed E-state index contributed by atoms with van der Waals surface area (Å²) in [6.45, 7) is 3.90. The molecule has 0 radical (unpaired) electrons. The summed E-state index contributed by atoms with van der Waals surface area (Å²) in [6.07, 6.45) is 5.67. The number of amides is 2. The summed E-state index contributed by atoms with van der Waals surface area (Å²) in [5, 5.41) is 4.10. The smallest absolute Gasteiger partial charge is 0.246 e. The van der Waals surface area contributed by atoms with E-state index in [0.29, 0.717) is 19.3 Å². The lowest BCUT2D eigenvalue weighted by Crippen LogP contribution is -2.54. The maximum absolute atomic E-state index is 14.2. The van der Waals surface area contributed by atoms with Crippen molar-refractivity contribution in [1.29, 1.82) is 0 Å². The molecule has 0 aliphatic heterocycles. The van der Waals surface area contributed by atoms with Gasteiger partial charge in [0.15, 0.2) is 0 Å². The molecule has 1 aromatic heterocycles. The van der Waals surface area contributed by atoms with Crippen LogP contribution >= 0.6 is 11.3 Å². The number of sulfonamides is 1. The van der Waals surface area contributed by atoms with Crippen LogP contribution in [0.4, 0.5) is 0 Å². The first-order chi connectivity index (χ1) is 19.2. The Labute approximate surface area is 248 Å². The van der Waals surface area contributed by atoms with Gasteiger partial charge in [0.05, 0.1) is 12.3 Å². The molecule has 0 bridgehead atoms. The number of likely N-dealkylation sites (N-methyl/N-ethyl adjacent to an activating group) is 3. The molecule has 3 aromatic rings. The van der Waals surface area contributed by atoms with E-state index in [-0.39, 0.29) is 18.4 Å². The Morgan fingerprint density at radius 1 is 0.976 bits per heavy atom. The normalized spacial score (nSPS) is 14.0. The zero-order valence-corrected chi connectivity index (χ0v) is 26.4. The molecule has 2 atom stereocenters. The number of benzene rings is 2. The monoisotopic (exact) mass is 598 g/mol. The van der Waals surface area contributed by atoms with Crippen LogP contribution < -0.4 is 5.73 Å². The standard InChI is InChI=1S/C31H42N4O4S2/c1-31(2,32)17-9-14-29(36)35(5)28(20-23-15-16-24-11-7-8-12-25(24)19-23)30(37)34(4)26(21-27-13-10-18-40-27)22-33(3)41(6,38)39/h7-16,18-19,26,28H,17,20-22,32H2,1-6H3/b14-9+. The van der Waals surface area contributed by atoms with Gasteiger partial charge in [-0.3, -0.25) is 9.59 Å². The van der Waals surface area contributed by atoms with E-state index in [9.17, 15) is 18.0 Å². The first-order valence-corrected chi connectivity index (χ1v) is 16.3. The van der Waals surface area contributed by atoms with Gasteiger partial charge in [-0.1, -0.05) is 54.6 Å². The molecule has 2 unspecified atom stereocenters. The van der Waals surface area contributed by atoms with Crippen molar-refractivity contribution in [2.24, 2.45) is 5.73 Å². The van der Waals surface area contributed by atoms with Gasteiger partial charge < -0.3 is 15.5 Å². The molecular formula is C31H42N4O4S2. The SMILES string of the molecule is CN(C(=O)C(Cc1ccc2ccccc2c1)N(C)C(=O)/C=C/CC(C)(C)N)C(Cc1cccs1)CN(C)S(C)(=O)=O. The van der Waals surface area contributed by atoms with Gasteiger partial charge in [-0.15, -0.1) is 11.3 Å². The second kappa shape index (κ2) is 13.7. The molecule has 10 heteroatoms. The molecule has 222 valence electrons. The molecule has 0 saturated carbocycles. The van der Waals surface area contributed by atoms with Gasteiger partial charge in [0.25, 0.3) is 0 Å². The van der Waals surface area contributed by atoms with Crippen LogP contribution in [0.25, 0.3) is 10.8 Å². The number of fused-ring (bicyclic) bond motifs is 1. The lowest BCUT2D eigenvalue weighted by molar-refractivity contribution is -0.143. The summed E-state index contributed by atoms with van der Waals surface area (Å²) in [5.41, 5.74) is 6.53. The van der Waals surface area contributed by atoms with Gasteiger partial charge in [0, 0.05) is 50.9 Å². The third kappa shape index (κ3) is 9.49. The quantitative estimate of drug-likeness (QED) is 0.301. The average molecular weight is 599 g/mol. The molecule has 0 saturated heterocycles. The van der Waals surface area contributed by atoms with Gasteiger partial charge in [-0.25, -0.2) is 12.7 Å². The summed E-state index contributed by atoms with van der Waals surface area (Å²) < 4.78 is 25.8. The van der Waals surface area contributed by atoms with E-state index < -0.39 is 27.6 Å². The number of hydrogen-bond acceptors (Lipinski definition) is 6. The predicted octanol–water partition coefficient (Wildman–Crippen LogP) is 3.92. The van der Waals surface area contributed by atoms with Gasteiger partial charge in [0.2, 0.25) is 21.8 Å². The number of hydrogen-bond donors (Lipinski definition) is 1. The molecule has 3 rings (SSSR count).